The minimum Gasteiger partial charge on any atom is -0.477 e. The van der Waals surface area contributed by atoms with Crippen molar-refractivity contribution in [2.75, 3.05) is 18.9 Å². The molecule has 2 heterocycles. The molecule has 1 saturated heterocycles. The summed E-state index contributed by atoms with van der Waals surface area (Å²) in [6.45, 7) is 0.189. The molecule has 0 unspecified atom stereocenters. The van der Waals surface area contributed by atoms with Crippen molar-refractivity contribution in [3.63, 3.8) is 0 Å². The molecule has 3 rings (SSSR count). The van der Waals surface area contributed by atoms with E-state index in [0.29, 0.717) is 11.1 Å². The van der Waals surface area contributed by atoms with Gasteiger partial charge in [-0.3, -0.25) is 0 Å². The standard InChI is InChI=1S/C16H14N4O5/c17-5-8-2-1-3-9(4-8)14-19-13(18)12(16(22)23)15(20-14)25-11-7-24-6-10(11)21/h1-4,10-11,21H,6-7H2,(H,22,23)(H2,18,19,20)/t10-,11+/m0/s1. The van der Waals surface area contributed by atoms with Crippen LogP contribution in [0.15, 0.2) is 24.3 Å². The number of anilines is 1. The highest BCUT2D eigenvalue weighted by Crippen LogP contribution is 2.28. The number of nitrogens with zero attached hydrogens (tertiary/aromatic N) is 3. The molecular formula is C16H14N4O5. The Morgan fingerprint density at radius 1 is 1.40 bits per heavy atom. The van der Waals surface area contributed by atoms with Crippen molar-refractivity contribution >= 4 is 11.8 Å². The van der Waals surface area contributed by atoms with E-state index in [0.717, 1.165) is 0 Å². The highest BCUT2D eigenvalue weighted by molar-refractivity contribution is 5.95. The first kappa shape index (κ1) is 16.6. The highest BCUT2D eigenvalue weighted by atomic mass is 16.6. The monoisotopic (exact) mass is 342 g/mol. The van der Waals surface area contributed by atoms with Crippen LogP contribution in [0.5, 0.6) is 5.88 Å². The van der Waals surface area contributed by atoms with Crippen LogP contribution in [0.2, 0.25) is 0 Å². The minimum atomic E-state index is -1.35. The van der Waals surface area contributed by atoms with Crippen molar-refractivity contribution in [2.45, 2.75) is 12.2 Å². The van der Waals surface area contributed by atoms with Crippen LogP contribution < -0.4 is 10.5 Å². The molecule has 2 atom stereocenters. The van der Waals surface area contributed by atoms with E-state index in [1.54, 1.807) is 24.3 Å². The molecule has 2 aromatic rings. The van der Waals surface area contributed by atoms with Gasteiger partial charge in [0.2, 0.25) is 5.88 Å². The van der Waals surface area contributed by atoms with E-state index in [1.807, 2.05) is 6.07 Å². The van der Waals surface area contributed by atoms with Gasteiger partial charge in [0.05, 0.1) is 24.8 Å². The molecule has 0 spiro atoms. The van der Waals surface area contributed by atoms with Crippen LogP contribution in [0.3, 0.4) is 0 Å². The van der Waals surface area contributed by atoms with Gasteiger partial charge >= 0.3 is 5.97 Å². The highest BCUT2D eigenvalue weighted by Gasteiger charge is 2.31. The number of carbonyl (C=O) groups is 1. The number of nitrogen functional groups attached to an aromatic ring is 1. The van der Waals surface area contributed by atoms with Gasteiger partial charge in [-0.05, 0) is 12.1 Å². The molecule has 0 saturated carbocycles. The van der Waals surface area contributed by atoms with Gasteiger partial charge in [-0.1, -0.05) is 12.1 Å². The first-order valence-corrected chi connectivity index (χ1v) is 7.33. The lowest BCUT2D eigenvalue weighted by molar-refractivity contribution is 0.0619. The molecule has 1 aromatic carbocycles. The number of nitriles is 1. The fourth-order valence-electron chi connectivity index (χ4n) is 2.38. The number of carboxylic acids is 1. The van der Waals surface area contributed by atoms with Gasteiger partial charge in [-0.2, -0.15) is 10.2 Å². The Balaban J connectivity index is 2.06. The number of aromatic nitrogens is 2. The molecular weight excluding hydrogens is 328 g/mol. The summed E-state index contributed by atoms with van der Waals surface area (Å²) in [6.07, 6.45) is -1.66. The van der Waals surface area contributed by atoms with E-state index >= 15 is 0 Å². The lowest BCUT2D eigenvalue weighted by atomic mass is 10.1. The van der Waals surface area contributed by atoms with Crippen LogP contribution in [-0.2, 0) is 4.74 Å². The molecule has 0 amide bonds. The number of hydrogen-bond donors (Lipinski definition) is 3. The van der Waals surface area contributed by atoms with Gasteiger partial charge in [0, 0.05) is 5.56 Å². The van der Waals surface area contributed by atoms with Crippen LogP contribution in [0, 0.1) is 11.3 Å². The van der Waals surface area contributed by atoms with Gasteiger partial charge in [-0.15, -0.1) is 0 Å². The van der Waals surface area contributed by atoms with Gasteiger partial charge in [0.25, 0.3) is 0 Å². The molecule has 25 heavy (non-hydrogen) atoms. The molecule has 4 N–H and O–H groups in total. The quantitative estimate of drug-likeness (QED) is 0.718. The van der Waals surface area contributed by atoms with Gasteiger partial charge in [0.15, 0.2) is 17.5 Å². The lowest BCUT2D eigenvalue weighted by Crippen LogP contribution is -2.31. The number of aliphatic hydroxyl groups is 1. The van der Waals surface area contributed by atoms with Crippen molar-refractivity contribution in [1.82, 2.24) is 9.97 Å². The number of hydrogen-bond acceptors (Lipinski definition) is 8. The van der Waals surface area contributed by atoms with Crippen molar-refractivity contribution in [2.24, 2.45) is 0 Å². The summed E-state index contributed by atoms with van der Waals surface area (Å²) in [5.41, 5.74) is 6.25. The number of carboxylic acid groups (broad SMARTS) is 1. The van der Waals surface area contributed by atoms with Crippen molar-refractivity contribution in [3.8, 4) is 23.3 Å². The molecule has 1 aliphatic rings. The largest absolute Gasteiger partial charge is 0.477 e. The van der Waals surface area contributed by atoms with Crippen LogP contribution in [0.4, 0.5) is 5.82 Å². The number of ether oxygens (including phenoxy) is 2. The van der Waals surface area contributed by atoms with Crippen LogP contribution >= 0.6 is 0 Å². The zero-order chi connectivity index (χ0) is 18.0. The number of benzene rings is 1. The zero-order valence-corrected chi connectivity index (χ0v) is 12.9. The summed E-state index contributed by atoms with van der Waals surface area (Å²) in [4.78, 5) is 19.6. The first-order chi connectivity index (χ1) is 12.0. The number of nitrogens with two attached hydrogens (primary N) is 1. The third-order valence-corrected chi connectivity index (χ3v) is 3.63. The van der Waals surface area contributed by atoms with Crippen molar-refractivity contribution < 1.29 is 24.5 Å². The second-order valence-electron chi connectivity index (χ2n) is 5.37. The van der Waals surface area contributed by atoms with Crippen LogP contribution in [-0.4, -0.2) is 51.6 Å². The second kappa shape index (κ2) is 6.72. The summed E-state index contributed by atoms with van der Waals surface area (Å²) in [5, 5.41) is 28.1. The summed E-state index contributed by atoms with van der Waals surface area (Å²) in [7, 11) is 0. The molecule has 1 fully saturated rings. The summed E-state index contributed by atoms with van der Waals surface area (Å²) in [5.74, 6) is -1.77. The van der Waals surface area contributed by atoms with Gasteiger partial charge in [0.1, 0.15) is 11.9 Å². The Morgan fingerprint density at radius 3 is 2.84 bits per heavy atom. The summed E-state index contributed by atoms with van der Waals surface area (Å²) < 4.78 is 10.6. The minimum absolute atomic E-state index is 0.0880. The molecule has 1 aliphatic heterocycles. The smallest absolute Gasteiger partial charge is 0.345 e. The lowest BCUT2D eigenvalue weighted by Gasteiger charge is -2.17. The van der Waals surface area contributed by atoms with Crippen molar-refractivity contribution in [3.05, 3.63) is 35.4 Å². The van der Waals surface area contributed by atoms with Gasteiger partial charge in [-0.25, -0.2) is 9.78 Å². The predicted molar refractivity (Wildman–Crippen MR) is 84.8 cm³/mol. The maximum atomic E-state index is 11.5. The van der Waals surface area contributed by atoms with Crippen LogP contribution in [0.25, 0.3) is 11.4 Å². The molecule has 128 valence electrons. The van der Waals surface area contributed by atoms with Crippen LogP contribution in [0.1, 0.15) is 15.9 Å². The maximum Gasteiger partial charge on any atom is 0.345 e. The van der Waals surface area contributed by atoms with E-state index in [1.165, 1.54) is 0 Å². The third kappa shape index (κ3) is 3.35. The van der Waals surface area contributed by atoms with E-state index in [4.69, 9.17) is 20.5 Å². The maximum absolute atomic E-state index is 11.5. The van der Waals surface area contributed by atoms with E-state index in [2.05, 4.69) is 9.97 Å². The molecule has 9 nitrogen and oxygen atoms in total. The van der Waals surface area contributed by atoms with Crippen molar-refractivity contribution in [1.29, 1.82) is 5.26 Å². The normalized spacial score (nSPS) is 19.4. The average Bonchev–Trinajstić information content (AvgIpc) is 2.99. The Morgan fingerprint density at radius 2 is 2.20 bits per heavy atom. The Kier molecular flexibility index (Phi) is 4.47. The fourth-order valence-corrected chi connectivity index (χ4v) is 2.38. The molecule has 9 heteroatoms. The first-order valence-electron chi connectivity index (χ1n) is 7.33. The number of aliphatic hydroxyl groups excluding tert-OH is 1. The molecule has 0 aliphatic carbocycles. The van der Waals surface area contributed by atoms with E-state index in [-0.39, 0.29) is 36.3 Å². The molecule has 0 bridgehead atoms. The topological polar surface area (TPSA) is 152 Å². The number of rotatable bonds is 4. The second-order valence-corrected chi connectivity index (χ2v) is 5.37. The molecule has 1 aromatic heterocycles. The molecule has 0 radical (unpaired) electrons. The summed E-state index contributed by atoms with van der Waals surface area (Å²) in [6, 6.07) is 8.47. The fraction of sp³-hybridized carbons (Fsp3) is 0.250. The zero-order valence-electron chi connectivity index (χ0n) is 12.9. The third-order valence-electron chi connectivity index (χ3n) is 3.63. The number of aromatic carboxylic acids is 1. The Hall–Kier alpha value is -3.22. The van der Waals surface area contributed by atoms with E-state index < -0.39 is 18.2 Å². The van der Waals surface area contributed by atoms with E-state index in [9.17, 15) is 15.0 Å². The SMILES string of the molecule is N#Cc1cccc(-c2nc(N)c(C(=O)O)c(O[C@@H]3COC[C@@H]3O)n2)c1. The predicted octanol–water partition coefficient (Wildman–Crippen LogP) is 0.434. The Labute approximate surface area is 142 Å². The Bertz CT molecular complexity index is 864. The summed E-state index contributed by atoms with van der Waals surface area (Å²) >= 11 is 0. The van der Waals surface area contributed by atoms with Gasteiger partial charge < -0.3 is 25.4 Å². The average molecular weight is 342 g/mol.